The number of aromatic nitrogens is 2. The molecular weight excluding hydrogens is 336 g/mol. The first-order valence-electron chi connectivity index (χ1n) is 7.45. The molecule has 0 radical (unpaired) electrons. The van der Waals surface area contributed by atoms with Crippen molar-refractivity contribution in [3.05, 3.63) is 28.5 Å². The number of imidazole rings is 1. The van der Waals surface area contributed by atoms with Crippen molar-refractivity contribution in [1.29, 1.82) is 0 Å². The molecule has 0 saturated heterocycles. The Balaban J connectivity index is 2.06. The van der Waals surface area contributed by atoms with Crippen molar-refractivity contribution < 1.29 is 0 Å². The van der Waals surface area contributed by atoms with E-state index in [-0.39, 0.29) is 0 Å². The van der Waals surface area contributed by atoms with Gasteiger partial charge in [0.2, 0.25) is 0 Å². The molecule has 2 aromatic rings. The zero-order valence-corrected chi connectivity index (χ0v) is 14.1. The van der Waals surface area contributed by atoms with Gasteiger partial charge in [0, 0.05) is 22.8 Å². The molecule has 0 amide bonds. The van der Waals surface area contributed by atoms with Crippen molar-refractivity contribution in [3.63, 3.8) is 0 Å². The highest BCUT2D eigenvalue weighted by molar-refractivity contribution is 9.10. The van der Waals surface area contributed by atoms with Crippen LogP contribution in [0.5, 0.6) is 0 Å². The lowest BCUT2D eigenvalue weighted by Gasteiger charge is -2.20. The smallest absolute Gasteiger partial charge is 0.111 e. The third-order valence-corrected chi connectivity index (χ3v) is 4.86. The van der Waals surface area contributed by atoms with E-state index in [4.69, 9.17) is 16.6 Å². The van der Waals surface area contributed by atoms with Gasteiger partial charge in [0.25, 0.3) is 0 Å². The van der Waals surface area contributed by atoms with Crippen molar-refractivity contribution in [2.45, 2.75) is 45.1 Å². The highest BCUT2D eigenvalue weighted by atomic mass is 79.9. The van der Waals surface area contributed by atoms with E-state index in [1.54, 1.807) is 0 Å². The maximum absolute atomic E-state index is 5.97. The number of benzene rings is 1. The summed E-state index contributed by atoms with van der Waals surface area (Å²) in [5, 5.41) is 0. The molecule has 20 heavy (non-hydrogen) atoms. The molecule has 108 valence electrons. The summed E-state index contributed by atoms with van der Waals surface area (Å²) in [5.41, 5.74) is 2.33. The lowest BCUT2D eigenvalue weighted by molar-refractivity contribution is 0.427. The van der Waals surface area contributed by atoms with Gasteiger partial charge in [-0.05, 0) is 37.0 Å². The number of hydrogen-bond acceptors (Lipinski definition) is 1. The molecule has 1 aliphatic rings. The fourth-order valence-corrected chi connectivity index (χ4v) is 3.50. The molecule has 1 unspecified atom stereocenters. The van der Waals surface area contributed by atoms with Crippen LogP contribution < -0.4 is 0 Å². The Bertz CT molecular complexity index is 604. The number of alkyl halides is 1. The van der Waals surface area contributed by atoms with E-state index in [0.717, 1.165) is 34.6 Å². The van der Waals surface area contributed by atoms with Crippen molar-refractivity contribution in [2.75, 3.05) is 5.88 Å². The fraction of sp³-hybridized carbons (Fsp3) is 0.562. The maximum atomic E-state index is 5.97. The second kappa shape index (κ2) is 6.07. The minimum atomic E-state index is 0.562. The van der Waals surface area contributed by atoms with Crippen LogP contribution in [0.3, 0.4) is 0 Å². The molecule has 0 N–H and O–H groups in total. The summed E-state index contributed by atoms with van der Waals surface area (Å²) >= 11 is 9.50. The van der Waals surface area contributed by atoms with Crippen LogP contribution in [0.2, 0.25) is 0 Å². The summed E-state index contributed by atoms with van der Waals surface area (Å²) in [6.07, 6.45) is 6.09. The molecule has 1 saturated carbocycles. The summed E-state index contributed by atoms with van der Waals surface area (Å²) in [6, 6.07) is 6.95. The number of halogens is 2. The molecule has 0 aliphatic heterocycles. The SMILES string of the molecule is CCC(CC1CC1)n1c(CCCl)nc2cc(Br)ccc21. The molecule has 1 aromatic carbocycles. The van der Waals surface area contributed by atoms with Gasteiger partial charge in [0.1, 0.15) is 5.82 Å². The molecule has 1 atom stereocenters. The average molecular weight is 356 g/mol. The number of nitrogens with zero attached hydrogens (tertiary/aromatic N) is 2. The second-order valence-corrected chi connectivity index (χ2v) is 7.00. The number of fused-ring (bicyclic) bond motifs is 1. The number of hydrogen-bond donors (Lipinski definition) is 0. The molecule has 2 nitrogen and oxygen atoms in total. The summed E-state index contributed by atoms with van der Waals surface area (Å²) < 4.78 is 3.53. The summed E-state index contributed by atoms with van der Waals surface area (Å²) in [5.74, 6) is 2.70. The topological polar surface area (TPSA) is 17.8 Å². The Kier molecular flexibility index (Phi) is 4.37. The highest BCUT2D eigenvalue weighted by Gasteiger charge is 2.27. The zero-order chi connectivity index (χ0) is 14.1. The second-order valence-electron chi connectivity index (χ2n) is 5.71. The van der Waals surface area contributed by atoms with Crippen molar-refractivity contribution >= 4 is 38.6 Å². The van der Waals surface area contributed by atoms with Gasteiger partial charge < -0.3 is 4.57 Å². The molecule has 4 heteroatoms. The molecule has 1 aromatic heterocycles. The Morgan fingerprint density at radius 2 is 2.25 bits per heavy atom. The van der Waals surface area contributed by atoms with Gasteiger partial charge in [0.15, 0.2) is 0 Å². The van der Waals surface area contributed by atoms with E-state index in [1.165, 1.54) is 24.8 Å². The lowest BCUT2D eigenvalue weighted by atomic mass is 10.1. The Hall–Kier alpha value is -0.540. The van der Waals surface area contributed by atoms with Gasteiger partial charge in [-0.1, -0.05) is 35.7 Å². The largest absolute Gasteiger partial charge is 0.325 e. The average Bonchev–Trinajstić information content (AvgIpc) is 3.18. The van der Waals surface area contributed by atoms with Crippen molar-refractivity contribution in [1.82, 2.24) is 9.55 Å². The monoisotopic (exact) mass is 354 g/mol. The number of rotatable bonds is 6. The van der Waals surface area contributed by atoms with Crippen LogP contribution in [0.4, 0.5) is 0 Å². The fourth-order valence-electron chi connectivity index (χ4n) is 2.98. The molecule has 0 spiro atoms. The predicted molar refractivity (Wildman–Crippen MR) is 88.5 cm³/mol. The minimum Gasteiger partial charge on any atom is -0.325 e. The summed E-state index contributed by atoms with van der Waals surface area (Å²) in [4.78, 5) is 4.81. The first kappa shape index (κ1) is 14.4. The van der Waals surface area contributed by atoms with Crippen molar-refractivity contribution in [3.8, 4) is 0 Å². The van der Waals surface area contributed by atoms with E-state index in [0.29, 0.717) is 11.9 Å². The van der Waals surface area contributed by atoms with E-state index >= 15 is 0 Å². The lowest BCUT2D eigenvalue weighted by Crippen LogP contribution is -2.13. The normalized spacial score (nSPS) is 16.8. The van der Waals surface area contributed by atoms with Gasteiger partial charge in [-0.15, -0.1) is 11.6 Å². The van der Waals surface area contributed by atoms with Gasteiger partial charge in [-0.25, -0.2) is 4.98 Å². The van der Waals surface area contributed by atoms with Crippen LogP contribution >= 0.6 is 27.5 Å². The third-order valence-electron chi connectivity index (χ3n) is 4.18. The van der Waals surface area contributed by atoms with Crippen LogP contribution in [0.15, 0.2) is 22.7 Å². The van der Waals surface area contributed by atoms with Gasteiger partial charge in [0.05, 0.1) is 11.0 Å². The Morgan fingerprint density at radius 3 is 2.90 bits per heavy atom. The minimum absolute atomic E-state index is 0.562. The molecule has 0 bridgehead atoms. The van der Waals surface area contributed by atoms with Crippen LogP contribution in [0, 0.1) is 5.92 Å². The third kappa shape index (κ3) is 2.89. The summed E-state index contributed by atoms with van der Waals surface area (Å²) in [7, 11) is 0. The Morgan fingerprint density at radius 1 is 1.45 bits per heavy atom. The quantitative estimate of drug-likeness (QED) is 0.640. The molecule has 1 aliphatic carbocycles. The van der Waals surface area contributed by atoms with Gasteiger partial charge >= 0.3 is 0 Å². The molecule has 3 rings (SSSR count). The molecular formula is C16H20BrClN2. The highest BCUT2D eigenvalue weighted by Crippen LogP contribution is 2.39. The number of aryl methyl sites for hydroxylation is 1. The zero-order valence-electron chi connectivity index (χ0n) is 11.8. The van der Waals surface area contributed by atoms with E-state index < -0.39 is 0 Å². The van der Waals surface area contributed by atoms with Crippen LogP contribution in [0.25, 0.3) is 11.0 Å². The van der Waals surface area contributed by atoms with E-state index in [9.17, 15) is 0 Å². The predicted octanol–water partition coefficient (Wildman–Crippen LogP) is 5.33. The van der Waals surface area contributed by atoms with Crippen LogP contribution in [0.1, 0.15) is 44.5 Å². The van der Waals surface area contributed by atoms with Crippen LogP contribution in [-0.2, 0) is 6.42 Å². The van der Waals surface area contributed by atoms with Crippen molar-refractivity contribution in [2.24, 2.45) is 5.92 Å². The van der Waals surface area contributed by atoms with Gasteiger partial charge in [-0.3, -0.25) is 0 Å². The van der Waals surface area contributed by atoms with Gasteiger partial charge in [-0.2, -0.15) is 0 Å². The van der Waals surface area contributed by atoms with E-state index in [2.05, 4.69) is 45.6 Å². The first-order valence-corrected chi connectivity index (χ1v) is 8.78. The molecule has 1 fully saturated rings. The maximum Gasteiger partial charge on any atom is 0.111 e. The first-order chi connectivity index (χ1) is 9.72. The molecule has 1 heterocycles. The standard InChI is InChI=1S/C16H20BrClN2/c1-2-13(9-11-3-4-11)20-15-6-5-12(17)10-14(15)19-16(20)7-8-18/h5-6,10-11,13H,2-4,7-9H2,1H3. The summed E-state index contributed by atoms with van der Waals surface area (Å²) in [6.45, 7) is 2.28. The van der Waals surface area contributed by atoms with E-state index in [1.807, 2.05) is 0 Å². The van der Waals surface area contributed by atoms with Crippen LogP contribution in [-0.4, -0.2) is 15.4 Å². The Labute approximate surface area is 133 Å².